The molecule has 2 heteroatoms. The van der Waals surface area contributed by atoms with Crippen LogP contribution in [0.4, 0.5) is 0 Å². The normalized spacial score (nSPS) is 11.5. The predicted octanol–water partition coefficient (Wildman–Crippen LogP) is 19.5. The predicted molar refractivity (Wildman–Crippen MR) is 313 cm³/mol. The Morgan fingerprint density at radius 1 is 0.162 bits per heavy atom. The van der Waals surface area contributed by atoms with Crippen LogP contribution >= 0.6 is 0 Å². The van der Waals surface area contributed by atoms with Crippen LogP contribution in [-0.4, -0.2) is 9.13 Å². The highest BCUT2D eigenvalue weighted by molar-refractivity contribution is 6.12. The van der Waals surface area contributed by atoms with E-state index in [9.17, 15) is 0 Å². The monoisotopic (exact) mass is 940 g/mol. The molecule has 2 aromatic heterocycles. The molecule has 0 spiro atoms. The Morgan fingerprint density at radius 2 is 0.500 bits per heavy atom. The van der Waals surface area contributed by atoms with Crippen LogP contribution in [0.2, 0.25) is 0 Å². The smallest absolute Gasteiger partial charge is 0.0541 e. The van der Waals surface area contributed by atoms with Crippen LogP contribution in [0.5, 0.6) is 0 Å². The number of hydrogen-bond donors (Lipinski definition) is 0. The highest BCUT2D eigenvalue weighted by Crippen LogP contribution is 2.43. The molecule has 0 N–H and O–H groups in total. The van der Waals surface area contributed by atoms with E-state index >= 15 is 0 Å². The Morgan fingerprint density at radius 3 is 0.986 bits per heavy atom. The molecule has 0 aliphatic rings. The number of para-hydroxylation sites is 3. The molecule has 14 aromatic rings. The molecule has 0 aliphatic heterocycles. The lowest BCUT2D eigenvalue weighted by molar-refractivity contribution is 1.18. The Kier molecular flexibility index (Phi) is 10.6. The summed E-state index contributed by atoms with van der Waals surface area (Å²) in [5.41, 5.74) is 23.8. The molecule has 0 unspecified atom stereocenters. The van der Waals surface area contributed by atoms with Crippen LogP contribution < -0.4 is 0 Å². The lowest BCUT2D eigenvalue weighted by atomic mass is 9.88. The molecule has 12 aromatic carbocycles. The molecule has 0 atom stereocenters. The first kappa shape index (κ1) is 43.1. The fraction of sp³-hybridized carbons (Fsp3) is 0. The van der Waals surface area contributed by atoms with Crippen molar-refractivity contribution in [3.8, 4) is 89.3 Å². The van der Waals surface area contributed by atoms with Crippen LogP contribution in [0.3, 0.4) is 0 Å². The van der Waals surface area contributed by atoms with Gasteiger partial charge in [-0.2, -0.15) is 0 Å². The van der Waals surface area contributed by atoms with Crippen molar-refractivity contribution in [3.05, 3.63) is 291 Å². The van der Waals surface area contributed by atoms with Gasteiger partial charge in [-0.25, -0.2) is 0 Å². The van der Waals surface area contributed by atoms with Gasteiger partial charge in [0.1, 0.15) is 0 Å². The third kappa shape index (κ3) is 7.52. The zero-order valence-electron chi connectivity index (χ0n) is 40.6. The van der Waals surface area contributed by atoms with E-state index in [0.717, 1.165) is 5.69 Å². The van der Waals surface area contributed by atoms with Crippen molar-refractivity contribution in [2.45, 2.75) is 0 Å². The average Bonchev–Trinajstić information content (AvgIpc) is 4.00. The summed E-state index contributed by atoms with van der Waals surface area (Å²) in [6, 6.07) is 106. The van der Waals surface area contributed by atoms with E-state index in [1.807, 2.05) is 0 Å². The van der Waals surface area contributed by atoms with Gasteiger partial charge in [-0.3, -0.25) is 0 Å². The summed E-state index contributed by atoms with van der Waals surface area (Å²) < 4.78 is 4.82. The van der Waals surface area contributed by atoms with E-state index in [-0.39, 0.29) is 0 Å². The first-order chi connectivity index (χ1) is 36.7. The fourth-order valence-corrected chi connectivity index (χ4v) is 11.4. The maximum Gasteiger partial charge on any atom is 0.0541 e. The third-order valence-corrected chi connectivity index (χ3v) is 14.9. The second-order valence-electron chi connectivity index (χ2n) is 19.3. The molecule has 2 heterocycles. The molecule has 74 heavy (non-hydrogen) atoms. The van der Waals surface area contributed by atoms with Gasteiger partial charge < -0.3 is 9.13 Å². The number of nitrogens with zero attached hydrogens (tertiary/aromatic N) is 2. The van der Waals surface area contributed by atoms with Gasteiger partial charge in [0.05, 0.1) is 22.1 Å². The van der Waals surface area contributed by atoms with E-state index in [2.05, 4.69) is 300 Å². The molecule has 0 aliphatic carbocycles. The van der Waals surface area contributed by atoms with Gasteiger partial charge in [0.25, 0.3) is 0 Å². The van der Waals surface area contributed by atoms with Crippen LogP contribution in [-0.2, 0) is 0 Å². The van der Waals surface area contributed by atoms with Gasteiger partial charge in [-0.1, -0.05) is 212 Å². The SMILES string of the molecule is c1ccc(-c2cc(-c3ccccc3)cc(-n3c4ccccc4c4cc(-c5cccc(-c6ccccc6-c6ccccc6-c6cccc(-c7ccc8c(c7)c7ccccc7n8-c7ccccc7)c6)c5)ccc43)c2)cc1. The number of fused-ring (bicyclic) bond motifs is 6. The molecule has 0 bridgehead atoms. The lowest BCUT2D eigenvalue weighted by Gasteiger charge is -2.16. The Labute approximate surface area is 431 Å². The van der Waals surface area contributed by atoms with Crippen molar-refractivity contribution in [2.75, 3.05) is 0 Å². The van der Waals surface area contributed by atoms with Gasteiger partial charge in [0.15, 0.2) is 0 Å². The van der Waals surface area contributed by atoms with Gasteiger partial charge in [-0.05, 0) is 157 Å². The standard InChI is InChI=1S/C72H48N2/c1-4-20-49(21-5-1)57-44-58(50-22-6-2-7-23-50)46-60(45-57)74-70-37-17-15-35-66(70)68-48-54(39-41-72(68)74)52-25-19-27-56(43-52)62-31-11-13-33-64(62)63-32-12-10-30-61(63)55-26-18-24-51(42-55)53-38-40-71-67(47-53)65-34-14-16-36-69(65)73(71)59-28-8-3-9-29-59/h1-48H. The quantitative estimate of drug-likeness (QED) is 0.136. The van der Waals surface area contributed by atoms with E-state index in [1.54, 1.807) is 0 Å². The first-order valence-electron chi connectivity index (χ1n) is 25.5. The zero-order valence-corrected chi connectivity index (χ0v) is 40.6. The zero-order chi connectivity index (χ0) is 49.0. The van der Waals surface area contributed by atoms with Crippen molar-refractivity contribution in [1.29, 1.82) is 0 Å². The minimum absolute atomic E-state index is 1.14. The molecule has 0 fully saturated rings. The molecule has 346 valence electrons. The summed E-state index contributed by atoms with van der Waals surface area (Å²) in [6.45, 7) is 0. The Balaban J connectivity index is 0.834. The second-order valence-corrected chi connectivity index (χ2v) is 19.3. The number of benzene rings is 12. The first-order valence-corrected chi connectivity index (χ1v) is 25.5. The molecule has 0 radical (unpaired) electrons. The second kappa shape index (κ2) is 18.1. The Hall–Kier alpha value is -9.76. The van der Waals surface area contributed by atoms with Crippen LogP contribution in [0.1, 0.15) is 0 Å². The molecule has 0 amide bonds. The summed E-state index contributed by atoms with van der Waals surface area (Å²) in [5.74, 6) is 0. The van der Waals surface area contributed by atoms with E-state index < -0.39 is 0 Å². The average molecular weight is 941 g/mol. The molecule has 14 rings (SSSR count). The number of hydrogen-bond acceptors (Lipinski definition) is 0. The molecular formula is C72H48N2. The van der Waals surface area contributed by atoms with Crippen molar-refractivity contribution >= 4 is 43.6 Å². The van der Waals surface area contributed by atoms with Crippen LogP contribution in [0.15, 0.2) is 291 Å². The molecule has 0 saturated carbocycles. The highest BCUT2D eigenvalue weighted by atomic mass is 15.0. The van der Waals surface area contributed by atoms with Gasteiger partial charge >= 0.3 is 0 Å². The molecule has 2 nitrogen and oxygen atoms in total. The summed E-state index contributed by atoms with van der Waals surface area (Å²) in [6.07, 6.45) is 0. The molecule has 0 saturated heterocycles. The largest absolute Gasteiger partial charge is 0.309 e. The number of rotatable bonds is 9. The van der Waals surface area contributed by atoms with E-state index in [0.29, 0.717) is 0 Å². The molecular weight excluding hydrogens is 893 g/mol. The van der Waals surface area contributed by atoms with Crippen LogP contribution in [0, 0.1) is 0 Å². The minimum Gasteiger partial charge on any atom is -0.309 e. The maximum absolute atomic E-state index is 2.44. The Bertz CT molecular complexity index is 4350. The summed E-state index contributed by atoms with van der Waals surface area (Å²) >= 11 is 0. The number of aromatic nitrogens is 2. The summed E-state index contributed by atoms with van der Waals surface area (Å²) in [7, 11) is 0. The summed E-state index contributed by atoms with van der Waals surface area (Å²) in [4.78, 5) is 0. The van der Waals surface area contributed by atoms with Gasteiger partial charge in [0, 0.05) is 32.9 Å². The maximum atomic E-state index is 2.44. The van der Waals surface area contributed by atoms with E-state index in [1.165, 1.54) is 127 Å². The van der Waals surface area contributed by atoms with Gasteiger partial charge in [0.2, 0.25) is 0 Å². The van der Waals surface area contributed by atoms with Crippen molar-refractivity contribution < 1.29 is 0 Å². The van der Waals surface area contributed by atoms with Crippen molar-refractivity contribution in [3.63, 3.8) is 0 Å². The van der Waals surface area contributed by atoms with E-state index in [4.69, 9.17) is 0 Å². The minimum atomic E-state index is 1.14. The van der Waals surface area contributed by atoms with Gasteiger partial charge in [-0.15, -0.1) is 0 Å². The highest BCUT2D eigenvalue weighted by Gasteiger charge is 2.19. The third-order valence-electron chi connectivity index (χ3n) is 14.9. The topological polar surface area (TPSA) is 9.86 Å². The summed E-state index contributed by atoms with van der Waals surface area (Å²) in [5, 5.41) is 4.96. The van der Waals surface area contributed by atoms with Crippen molar-refractivity contribution in [2.24, 2.45) is 0 Å². The van der Waals surface area contributed by atoms with Crippen LogP contribution in [0.25, 0.3) is 133 Å². The fourth-order valence-electron chi connectivity index (χ4n) is 11.4. The lowest BCUT2D eigenvalue weighted by Crippen LogP contribution is -1.96. The van der Waals surface area contributed by atoms with Crippen molar-refractivity contribution in [1.82, 2.24) is 9.13 Å².